The van der Waals surface area contributed by atoms with Crippen LogP contribution in [0.2, 0.25) is 0 Å². The Morgan fingerprint density at radius 1 is 1.50 bits per heavy atom. The molecule has 0 radical (unpaired) electrons. The molecule has 1 heterocycles. The lowest BCUT2D eigenvalue weighted by atomic mass is 10.1. The van der Waals surface area contributed by atoms with Crippen LogP contribution in [-0.4, -0.2) is 22.9 Å². The van der Waals surface area contributed by atoms with E-state index in [2.05, 4.69) is 16.2 Å². The van der Waals surface area contributed by atoms with Gasteiger partial charge in [-0.25, -0.2) is 0 Å². The highest BCUT2D eigenvalue weighted by Crippen LogP contribution is 2.33. The van der Waals surface area contributed by atoms with Gasteiger partial charge in [-0.1, -0.05) is 18.1 Å². The van der Waals surface area contributed by atoms with Crippen LogP contribution in [0.5, 0.6) is 5.75 Å². The van der Waals surface area contributed by atoms with Crippen molar-refractivity contribution in [3.63, 3.8) is 0 Å². The molecule has 0 aliphatic heterocycles. The van der Waals surface area contributed by atoms with Gasteiger partial charge in [0.2, 0.25) is 0 Å². The van der Waals surface area contributed by atoms with Gasteiger partial charge in [-0.2, -0.15) is 0 Å². The molecule has 92 valence electrons. The third-order valence-electron chi connectivity index (χ3n) is 2.69. The SMILES string of the molecule is C#CCNC(SC)c1ccc(O)c2ncccc12. The third-order valence-corrected chi connectivity index (χ3v) is 3.58. The second-order valence-corrected chi connectivity index (χ2v) is 4.72. The molecule has 4 heteroatoms. The van der Waals surface area contributed by atoms with Gasteiger partial charge < -0.3 is 5.11 Å². The van der Waals surface area contributed by atoms with Crippen LogP contribution < -0.4 is 5.32 Å². The van der Waals surface area contributed by atoms with Crippen molar-refractivity contribution < 1.29 is 5.11 Å². The number of nitrogens with one attached hydrogen (secondary N) is 1. The van der Waals surface area contributed by atoms with E-state index in [1.165, 1.54) is 0 Å². The number of aromatic nitrogens is 1. The van der Waals surface area contributed by atoms with Crippen LogP contribution in [0.3, 0.4) is 0 Å². The minimum Gasteiger partial charge on any atom is -0.506 e. The van der Waals surface area contributed by atoms with E-state index in [-0.39, 0.29) is 11.1 Å². The first-order valence-corrected chi connectivity index (χ1v) is 6.83. The Kier molecular flexibility index (Phi) is 4.08. The van der Waals surface area contributed by atoms with E-state index >= 15 is 0 Å². The van der Waals surface area contributed by atoms with Gasteiger partial charge in [0.1, 0.15) is 11.3 Å². The van der Waals surface area contributed by atoms with E-state index in [9.17, 15) is 5.11 Å². The Morgan fingerprint density at radius 2 is 2.33 bits per heavy atom. The Bertz CT molecular complexity index is 592. The minimum atomic E-state index is 0.0911. The lowest BCUT2D eigenvalue weighted by Gasteiger charge is -2.17. The van der Waals surface area contributed by atoms with Crippen LogP contribution >= 0.6 is 11.8 Å². The van der Waals surface area contributed by atoms with Crippen molar-refractivity contribution in [1.82, 2.24) is 10.3 Å². The maximum atomic E-state index is 9.80. The fourth-order valence-corrected chi connectivity index (χ4v) is 2.59. The second-order valence-electron chi connectivity index (χ2n) is 3.77. The number of hydrogen-bond acceptors (Lipinski definition) is 4. The van der Waals surface area contributed by atoms with E-state index < -0.39 is 0 Å². The van der Waals surface area contributed by atoms with Gasteiger partial charge >= 0.3 is 0 Å². The Morgan fingerprint density at radius 3 is 3.06 bits per heavy atom. The average Bonchev–Trinajstić information content (AvgIpc) is 2.42. The number of hydrogen-bond donors (Lipinski definition) is 2. The van der Waals surface area contributed by atoms with Gasteiger partial charge in [-0.3, -0.25) is 10.3 Å². The lowest BCUT2D eigenvalue weighted by Crippen LogP contribution is -2.18. The van der Waals surface area contributed by atoms with Gasteiger partial charge in [0, 0.05) is 11.6 Å². The number of terminal acetylenes is 1. The molecule has 0 fully saturated rings. The zero-order chi connectivity index (χ0) is 13.0. The lowest BCUT2D eigenvalue weighted by molar-refractivity contribution is 0.480. The molecule has 18 heavy (non-hydrogen) atoms. The fraction of sp³-hybridized carbons (Fsp3) is 0.214. The number of benzene rings is 1. The zero-order valence-corrected chi connectivity index (χ0v) is 10.9. The van der Waals surface area contributed by atoms with Gasteiger partial charge in [0.25, 0.3) is 0 Å². The monoisotopic (exact) mass is 258 g/mol. The van der Waals surface area contributed by atoms with Crippen molar-refractivity contribution in [1.29, 1.82) is 0 Å². The Labute approximate surface area is 111 Å². The van der Waals surface area contributed by atoms with Crippen LogP contribution in [-0.2, 0) is 0 Å². The summed E-state index contributed by atoms with van der Waals surface area (Å²) in [5.74, 6) is 2.77. The number of aromatic hydroxyl groups is 1. The molecule has 2 aromatic rings. The summed E-state index contributed by atoms with van der Waals surface area (Å²) in [5, 5.41) is 14.1. The van der Waals surface area contributed by atoms with Gasteiger partial charge in [-0.05, 0) is 24.0 Å². The molecule has 0 amide bonds. The van der Waals surface area contributed by atoms with E-state index in [0.717, 1.165) is 10.9 Å². The van der Waals surface area contributed by atoms with Gasteiger partial charge in [0.05, 0.1) is 11.9 Å². The van der Waals surface area contributed by atoms with E-state index in [1.807, 2.05) is 24.5 Å². The van der Waals surface area contributed by atoms with Crippen LogP contribution in [0.4, 0.5) is 0 Å². The predicted octanol–water partition coefficient (Wildman–Crippen LogP) is 2.52. The smallest absolute Gasteiger partial charge is 0.141 e. The standard InChI is InChI=1S/C14H14N2OS/c1-3-8-16-14(18-2)11-6-7-12(17)13-10(11)5-4-9-15-13/h1,4-7,9,14,16-17H,8H2,2H3. The molecule has 0 saturated heterocycles. The molecule has 2 rings (SSSR count). The zero-order valence-electron chi connectivity index (χ0n) is 10.1. The van der Waals surface area contributed by atoms with Crippen LogP contribution in [0.15, 0.2) is 30.5 Å². The molecule has 3 nitrogen and oxygen atoms in total. The van der Waals surface area contributed by atoms with Crippen molar-refractivity contribution in [2.24, 2.45) is 0 Å². The predicted molar refractivity (Wildman–Crippen MR) is 76.5 cm³/mol. The molecule has 0 aliphatic carbocycles. The van der Waals surface area contributed by atoms with Crippen LogP contribution in [0, 0.1) is 12.3 Å². The molecule has 2 N–H and O–H groups in total. The topological polar surface area (TPSA) is 45.1 Å². The third kappa shape index (κ3) is 2.42. The minimum absolute atomic E-state index is 0.0911. The first-order valence-electron chi connectivity index (χ1n) is 5.54. The first kappa shape index (κ1) is 12.7. The average molecular weight is 258 g/mol. The summed E-state index contributed by atoms with van der Waals surface area (Å²) in [6, 6.07) is 7.40. The van der Waals surface area contributed by atoms with Crippen molar-refractivity contribution in [3.8, 4) is 18.1 Å². The normalized spacial score (nSPS) is 12.2. The molecule has 0 saturated carbocycles. The van der Waals surface area contributed by atoms with Crippen molar-refractivity contribution >= 4 is 22.7 Å². The number of nitrogens with zero attached hydrogens (tertiary/aromatic N) is 1. The number of phenols is 1. The summed E-state index contributed by atoms with van der Waals surface area (Å²) in [7, 11) is 0. The molecular weight excluding hydrogens is 244 g/mol. The highest BCUT2D eigenvalue weighted by atomic mass is 32.2. The Hall–Kier alpha value is -1.70. The summed E-state index contributed by atoms with van der Waals surface area (Å²) in [6.07, 6.45) is 8.96. The summed E-state index contributed by atoms with van der Waals surface area (Å²) in [6.45, 7) is 0.508. The fourth-order valence-electron chi connectivity index (χ4n) is 1.88. The van der Waals surface area contributed by atoms with Gasteiger partial charge in [-0.15, -0.1) is 18.2 Å². The molecule has 1 aromatic heterocycles. The van der Waals surface area contributed by atoms with Crippen molar-refractivity contribution in [3.05, 3.63) is 36.0 Å². The number of pyridine rings is 1. The summed E-state index contributed by atoms with van der Waals surface area (Å²) >= 11 is 1.67. The number of thioether (sulfide) groups is 1. The molecule has 0 spiro atoms. The second kappa shape index (κ2) is 5.76. The maximum Gasteiger partial charge on any atom is 0.141 e. The first-order chi connectivity index (χ1) is 8.77. The highest BCUT2D eigenvalue weighted by molar-refractivity contribution is 7.98. The van der Waals surface area contributed by atoms with Gasteiger partial charge in [0.15, 0.2) is 0 Å². The number of phenolic OH excluding ortho intramolecular Hbond substituents is 1. The highest BCUT2D eigenvalue weighted by Gasteiger charge is 2.14. The summed E-state index contributed by atoms with van der Waals surface area (Å²) in [5.41, 5.74) is 1.70. The van der Waals surface area contributed by atoms with Crippen molar-refractivity contribution in [2.75, 3.05) is 12.8 Å². The maximum absolute atomic E-state index is 9.80. The number of rotatable bonds is 4. The molecular formula is C14H14N2OS. The van der Waals surface area contributed by atoms with Crippen LogP contribution in [0.25, 0.3) is 10.9 Å². The number of fused-ring (bicyclic) bond motifs is 1. The van der Waals surface area contributed by atoms with E-state index in [0.29, 0.717) is 12.1 Å². The Balaban J connectivity index is 2.50. The molecule has 0 aliphatic rings. The molecule has 1 atom stereocenters. The van der Waals surface area contributed by atoms with Crippen molar-refractivity contribution in [2.45, 2.75) is 5.37 Å². The largest absolute Gasteiger partial charge is 0.506 e. The van der Waals surface area contributed by atoms with Crippen LogP contribution in [0.1, 0.15) is 10.9 Å². The summed E-state index contributed by atoms with van der Waals surface area (Å²) < 4.78 is 0. The van der Waals surface area contributed by atoms with E-state index in [4.69, 9.17) is 6.42 Å². The molecule has 1 unspecified atom stereocenters. The van der Waals surface area contributed by atoms with E-state index in [1.54, 1.807) is 24.0 Å². The molecule has 1 aromatic carbocycles. The molecule has 0 bridgehead atoms. The quantitative estimate of drug-likeness (QED) is 0.653. The summed E-state index contributed by atoms with van der Waals surface area (Å²) in [4.78, 5) is 4.21.